The molecular weight excluding hydrogens is 512 g/mol. The third-order valence-corrected chi connectivity index (χ3v) is 8.50. The van der Waals surface area contributed by atoms with Crippen LogP contribution in [0.4, 0.5) is 0 Å². The molecule has 4 nitrogen and oxygen atoms in total. The Morgan fingerprint density at radius 3 is 2.45 bits per heavy atom. The summed E-state index contributed by atoms with van der Waals surface area (Å²) in [6, 6.07) is 18.1. The Bertz CT molecular complexity index is 1700. The van der Waals surface area contributed by atoms with Crippen LogP contribution in [0.15, 0.2) is 138 Å². The van der Waals surface area contributed by atoms with Gasteiger partial charge in [-0.05, 0) is 102 Å². The number of likely N-dealkylation sites (N-methyl/N-ethyl adjacent to an activating group) is 1. The first-order chi connectivity index (χ1) is 20.4. The van der Waals surface area contributed by atoms with Crippen molar-refractivity contribution in [3.8, 4) is 11.1 Å². The van der Waals surface area contributed by atoms with E-state index in [4.69, 9.17) is 0 Å². The lowest BCUT2D eigenvalue weighted by atomic mass is 9.80. The number of rotatable bonds is 6. The Hall–Kier alpha value is -4.83. The van der Waals surface area contributed by atoms with Crippen LogP contribution in [0.1, 0.15) is 48.1 Å². The molecule has 2 atom stereocenters. The van der Waals surface area contributed by atoms with Gasteiger partial charge < -0.3 is 4.90 Å². The maximum absolute atomic E-state index is 4.56. The molecule has 208 valence electrons. The van der Waals surface area contributed by atoms with E-state index >= 15 is 0 Å². The molecule has 0 aliphatic carbocycles. The first kappa shape index (κ1) is 27.3. The fourth-order valence-electron chi connectivity index (χ4n) is 5.78. The summed E-state index contributed by atoms with van der Waals surface area (Å²) < 4.78 is 0. The highest BCUT2D eigenvalue weighted by atomic mass is 15.1. The van der Waals surface area contributed by atoms with Gasteiger partial charge in [-0.15, -0.1) is 0 Å². The maximum Gasteiger partial charge on any atom is 0.0803 e. The molecule has 2 aromatic carbocycles. The van der Waals surface area contributed by atoms with Gasteiger partial charge in [0.2, 0.25) is 0 Å². The Balaban J connectivity index is 1.48. The fourth-order valence-corrected chi connectivity index (χ4v) is 5.78. The fraction of sp³-hybridized carbons (Fsp3) is 0.184. The molecule has 0 saturated carbocycles. The number of pyridine rings is 1. The van der Waals surface area contributed by atoms with E-state index < -0.39 is 0 Å². The van der Waals surface area contributed by atoms with E-state index in [0.717, 1.165) is 18.4 Å². The highest BCUT2D eigenvalue weighted by Gasteiger charge is 2.29. The van der Waals surface area contributed by atoms with Crippen molar-refractivity contribution >= 4 is 18.0 Å². The van der Waals surface area contributed by atoms with Crippen LogP contribution in [0.5, 0.6) is 0 Å². The van der Waals surface area contributed by atoms with Crippen LogP contribution in [-0.2, 0) is 17.4 Å². The summed E-state index contributed by atoms with van der Waals surface area (Å²) in [5, 5.41) is 0. The zero-order valence-corrected chi connectivity index (χ0v) is 24.5. The van der Waals surface area contributed by atoms with Crippen molar-refractivity contribution in [2.75, 3.05) is 7.05 Å². The highest BCUT2D eigenvalue weighted by Crippen LogP contribution is 2.36. The molecule has 4 heteroatoms. The monoisotopic (exact) mass is 548 g/mol. The largest absolute Gasteiger partial charge is 0.368 e. The zero-order valence-electron chi connectivity index (χ0n) is 24.5. The Morgan fingerprint density at radius 2 is 1.62 bits per heavy atom. The van der Waals surface area contributed by atoms with Crippen molar-refractivity contribution in [1.82, 2.24) is 9.88 Å². The molecule has 42 heavy (non-hydrogen) atoms. The molecule has 0 amide bonds. The van der Waals surface area contributed by atoms with Gasteiger partial charge in [-0.2, -0.15) is 0 Å². The second-order valence-electron chi connectivity index (χ2n) is 11.6. The smallest absolute Gasteiger partial charge is 0.0803 e. The summed E-state index contributed by atoms with van der Waals surface area (Å²) >= 11 is 0. The molecule has 3 aliphatic heterocycles. The number of allylic oxidation sites excluding steroid dienone is 8. The number of aliphatic imine (C=N–C) groups is 2. The average molecular weight is 549 g/mol. The van der Waals surface area contributed by atoms with Gasteiger partial charge in [-0.1, -0.05) is 66.8 Å². The first-order valence-electron chi connectivity index (χ1n) is 14.5. The minimum Gasteiger partial charge on any atom is -0.368 e. The molecule has 3 aliphatic rings. The van der Waals surface area contributed by atoms with Gasteiger partial charge in [-0.25, -0.2) is 0 Å². The van der Waals surface area contributed by atoms with Crippen molar-refractivity contribution in [3.63, 3.8) is 0 Å². The van der Waals surface area contributed by atoms with E-state index in [2.05, 4.69) is 132 Å². The van der Waals surface area contributed by atoms with Crippen molar-refractivity contribution in [3.05, 3.63) is 156 Å². The molecule has 0 N–H and O–H groups in total. The highest BCUT2D eigenvalue weighted by molar-refractivity contribution is 5.87. The number of hydrogen-bond acceptors (Lipinski definition) is 4. The molecule has 0 saturated heterocycles. The van der Waals surface area contributed by atoms with Crippen molar-refractivity contribution in [2.45, 2.75) is 37.6 Å². The first-order valence-corrected chi connectivity index (χ1v) is 14.5. The van der Waals surface area contributed by atoms with Gasteiger partial charge in [0.15, 0.2) is 0 Å². The predicted molar refractivity (Wildman–Crippen MR) is 177 cm³/mol. The lowest BCUT2D eigenvalue weighted by Gasteiger charge is -2.38. The van der Waals surface area contributed by atoms with Crippen LogP contribution in [-0.4, -0.2) is 29.4 Å². The molecule has 6 rings (SSSR count). The van der Waals surface area contributed by atoms with Gasteiger partial charge in [0, 0.05) is 55.2 Å². The van der Waals surface area contributed by atoms with Gasteiger partial charge >= 0.3 is 0 Å². The van der Waals surface area contributed by atoms with E-state index in [9.17, 15) is 0 Å². The molecule has 0 fully saturated rings. The quantitative estimate of drug-likeness (QED) is 0.311. The van der Waals surface area contributed by atoms with Crippen LogP contribution in [0.2, 0.25) is 0 Å². The summed E-state index contributed by atoms with van der Waals surface area (Å²) in [5.74, 6) is 0. The summed E-state index contributed by atoms with van der Waals surface area (Å²) in [6.07, 6.45) is 32.3. The third kappa shape index (κ3) is 5.66. The second kappa shape index (κ2) is 11.6. The average Bonchev–Trinajstić information content (AvgIpc) is 3.43. The minimum atomic E-state index is -0.318. The van der Waals surface area contributed by atoms with Crippen LogP contribution < -0.4 is 0 Å². The molecular formula is C38H36N4. The summed E-state index contributed by atoms with van der Waals surface area (Å²) in [5.41, 5.74) is 9.20. The number of aromatic nitrogens is 1. The summed E-state index contributed by atoms with van der Waals surface area (Å²) in [4.78, 5) is 15.6. The van der Waals surface area contributed by atoms with E-state index in [1.54, 1.807) is 0 Å². The van der Waals surface area contributed by atoms with Crippen LogP contribution in [0.25, 0.3) is 16.7 Å². The number of nitrogens with zero attached hydrogens (tertiary/aromatic N) is 4. The maximum atomic E-state index is 4.56. The van der Waals surface area contributed by atoms with Crippen LogP contribution in [0, 0.1) is 0 Å². The van der Waals surface area contributed by atoms with Gasteiger partial charge in [-0.3, -0.25) is 15.0 Å². The van der Waals surface area contributed by atoms with Crippen LogP contribution in [0.3, 0.4) is 0 Å². The zero-order chi connectivity index (χ0) is 29.0. The normalized spacial score (nSPS) is 22.7. The second-order valence-corrected chi connectivity index (χ2v) is 11.6. The van der Waals surface area contributed by atoms with E-state index in [0.29, 0.717) is 0 Å². The molecule has 0 bridgehead atoms. The van der Waals surface area contributed by atoms with Crippen LogP contribution >= 0.6 is 0 Å². The van der Waals surface area contributed by atoms with Crippen molar-refractivity contribution in [1.29, 1.82) is 0 Å². The lowest BCUT2D eigenvalue weighted by Crippen LogP contribution is -2.37. The molecule has 2 unspecified atom stereocenters. The van der Waals surface area contributed by atoms with Gasteiger partial charge in [0.25, 0.3) is 0 Å². The third-order valence-electron chi connectivity index (χ3n) is 8.50. The molecule has 4 heterocycles. The van der Waals surface area contributed by atoms with E-state index in [-0.39, 0.29) is 11.0 Å². The summed E-state index contributed by atoms with van der Waals surface area (Å²) in [7, 11) is 2.14. The van der Waals surface area contributed by atoms with Gasteiger partial charge in [0.1, 0.15) is 0 Å². The summed E-state index contributed by atoms with van der Waals surface area (Å²) in [6.45, 7) is 4.50. The Morgan fingerprint density at radius 1 is 0.810 bits per heavy atom. The Kier molecular flexibility index (Phi) is 7.54. The van der Waals surface area contributed by atoms with Crippen molar-refractivity contribution in [2.24, 2.45) is 9.98 Å². The van der Waals surface area contributed by atoms with E-state index in [1.807, 2.05) is 49.4 Å². The Labute approximate surface area is 249 Å². The molecule has 0 spiro atoms. The molecule has 3 aromatic rings. The number of hydrogen-bond donors (Lipinski definition) is 0. The standard InChI is InChI=1S/C38H36N4/c1-37(13-4-6-15-41-28-37)35-23-29(21-33(25-35)31-10-8-16-39-18-12-31)20-30-22-34(32-11-9-17-40-27-32)26-36(24-30)38(2)14-5-7-19-42(38)3/h4-9,11-19,21-28H,10,20H2,1-3H3. The minimum absolute atomic E-state index is 0.256. The predicted octanol–water partition coefficient (Wildman–Crippen LogP) is 8.35. The van der Waals surface area contributed by atoms with E-state index in [1.165, 1.54) is 39.0 Å². The molecule has 0 radical (unpaired) electrons. The van der Waals surface area contributed by atoms with Crippen molar-refractivity contribution < 1.29 is 0 Å². The number of benzene rings is 2. The molecule has 1 aromatic heterocycles. The SMILES string of the molecule is CN1C=CC=CC1(C)c1cc(Cc2cc(C3=CC=NC=CC3)cc(C3(C)C=CC=CN=C3)c2)cc(-c2cccnc2)c1. The topological polar surface area (TPSA) is 40.9 Å². The van der Waals surface area contributed by atoms with Gasteiger partial charge in [0.05, 0.1) is 5.54 Å². The lowest BCUT2D eigenvalue weighted by molar-refractivity contribution is 0.262.